The molecule has 0 heterocycles. The van der Waals surface area contributed by atoms with E-state index < -0.39 is 9.84 Å². The number of nitrogens with zero attached hydrogens (tertiary/aromatic N) is 1. The van der Waals surface area contributed by atoms with Crippen LogP contribution in [0.5, 0.6) is 0 Å². The number of rotatable bonds is 3. The number of hydrogen-bond donors (Lipinski definition) is 1. The van der Waals surface area contributed by atoms with E-state index in [9.17, 15) is 8.42 Å². The second kappa shape index (κ2) is 5.64. The average molecular weight is 309 g/mol. The summed E-state index contributed by atoms with van der Waals surface area (Å²) in [5, 5.41) is 4.40. The Labute approximate surface area is 122 Å². The molecule has 0 aliphatic rings. The lowest BCUT2D eigenvalue weighted by Crippen LogP contribution is -2.07. The minimum atomic E-state index is -3.21. The molecule has 0 fully saturated rings. The standard InChI is InChI=1S/C14H13ClN2O2S/c1-20(18,19)13-8-4-11(5-9-13)14(17-16)10-2-6-12(15)7-3-10/h2-9H,16H2,1H3. The van der Waals surface area contributed by atoms with Crippen LogP contribution in [0.25, 0.3) is 0 Å². The number of nitrogens with two attached hydrogens (primary N) is 1. The van der Waals surface area contributed by atoms with Gasteiger partial charge in [0.2, 0.25) is 0 Å². The maximum atomic E-state index is 11.4. The number of sulfone groups is 1. The van der Waals surface area contributed by atoms with Crippen molar-refractivity contribution in [1.29, 1.82) is 0 Å². The van der Waals surface area contributed by atoms with Crippen molar-refractivity contribution in [3.8, 4) is 0 Å². The molecule has 0 atom stereocenters. The second-order valence-corrected chi connectivity index (χ2v) is 6.73. The first-order valence-electron chi connectivity index (χ1n) is 5.76. The summed E-state index contributed by atoms with van der Waals surface area (Å²) in [4.78, 5) is 0.258. The zero-order valence-electron chi connectivity index (χ0n) is 10.7. The molecule has 2 N–H and O–H groups in total. The van der Waals surface area contributed by atoms with Crippen molar-refractivity contribution in [3.05, 3.63) is 64.7 Å². The Morgan fingerprint density at radius 3 is 1.85 bits per heavy atom. The summed E-state index contributed by atoms with van der Waals surface area (Å²) in [6.45, 7) is 0. The van der Waals surface area contributed by atoms with E-state index >= 15 is 0 Å². The van der Waals surface area contributed by atoms with E-state index in [1.54, 1.807) is 36.4 Å². The molecular formula is C14H13ClN2O2S. The highest BCUT2D eigenvalue weighted by molar-refractivity contribution is 7.90. The Balaban J connectivity index is 2.41. The topological polar surface area (TPSA) is 72.5 Å². The number of benzene rings is 2. The van der Waals surface area contributed by atoms with E-state index in [-0.39, 0.29) is 4.90 Å². The monoisotopic (exact) mass is 308 g/mol. The van der Waals surface area contributed by atoms with Gasteiger partial charge in [0, 0.05) is 22.4 Å². The van der Waals surface area contributed by atoms with Gasteiger partial charge in [-0.15, -0.1) is 0 Å². The molecule has 0 radical (unpaired) electrons. The highest BCUT2D eigenvalue weighted by Gasteiger charge is 2.10. The number of hydrogen-bond acceptors (Lipinski definition) is 4. The summed E-state index contributed by atoms with van der Waals surface area (Å²) in [6.07, 6.45) is 1.17. The molecule has 0 amide bonds. The summed E-state index contributed by atoms with van der Waals surface area (Å²) in [7, 11) is -3.21. The van der Waals surface area contributed by atoms with E-state index in [1.807, 2.05) is 0 Å². The molecule has 0 saturated carbocycles. The fourth-order valence-corrected chi connectivity index (χ4v) is 2.54. The first-order valence-corrected chi connectivity index (χ1v) is 8.03. The fourth-order valence-electron chi connectivity index (χ4n) is 1.78. The molecule has 0 unspecified atom stereocenters. The highest BCUT2D eigenvalue weighted by atomic mass is 35.5. The van der Waals surface area contributed by atoms with Crippen molar-refractivity contribution in [2.24, 2.45) is 10.9 Å². The lowest BCUT2D eigenvalue weighted by atomic mass is 10.0. The van der Waals surface area contributed by atoms with E-state index in [0.717, 1.165) is 11.1 Å². The van der Waals surface area contributed by atoms with Gasteiger partial charge >= 0.3 is 0 Å². The second-order valence-electron chi connectivity index (χ2n) is 4.28. The summed E-state index contributed by atoms with van der Waals surface area (Å²) in [5.74, 6) is 5.44. The predicted octanol–water partition coefficient (Wildman–Crippen LogP) is 2.45. The van der Waals surface area contributed by atoms with Gasteiger partial charge in [-0.1, -0.05) is 35.9 Å². The van der Waals surface area contributed by atoms with Gasteiger partial charge in [0.1, 0.15) is 0 Å². The maximum absolute atomic E-state index is 11.4. The van der Waals surface area contributed by atoms with Gasteiger partial charge in [0.25, 0.3) is 0 Å². The molecule has 2 rings (SSSR count). The predicted molar refractivity (Wildman–Crippen MR) is 80.8 cm³/mol. The zero-order chi connectivity index (χ0) is 14.8. The Kier molecular flexibility index (Phi) is 4.11. The number of hydrazone groups is 1. The van der Waals surface area contributed by atoms with Crippen LogP contribution < -0.4 is 5.84 Å². The van der Waals surface area contributed by atoms with Gasteiger partial charge in [-0.05, 0) is 24.3 Å². The molecule has 104 valence electrons. The van der Waals surface area contributed by atoms with E-state index in [4.69, 9.17) is 17.4 Å². The van der Waals surface area contributed by atoms with E-state index in [0.29, 0.717) is 10.7 Å². The van der Waals surface area contributed by atoms with E-state index in [1.165, 1.54) is 18.4 Å². The molecule has 20 heavy (non-hydrogen) atoms. The van der Waals surface area contributed by atoms with Crippen molar-refractivity contribution < 1.29 is 8.42 Å². The Bertz CT molecular complexity index is 736. The highest BCUT2D eigenvalue weighted by Crippen LogP contribution is 2.16. The maximum Gasteiger partial charge on any atom is 0.175 e. The van der Waals surface area contributed by atoms with Gasteiger partial charge in [-0.25, -0.2) is 8.42 Å². The van der Waals surface area contributed by atoms with Crippen LogP contribution in [0.1, 0.15) is 11.1 Å². The molecule has 2 aromatic carbocycles. The molecular weight excluding hydrogens is 296 g/mol. The molecule has 0 spiro atoms. The molecule has 0 aromatic heterocycles. The fraction of sp³-hybridized carbons (Fsp3) is 0.0714. The van der Waals surface area contributed by atoms with Crippen LogP contribution in [-0.2, 0) is 9.84 Å². The van der Waals surface area contributed by atoms with Crippen LogP contribution in [-0.4, -0.2) is 20.4 Å². The van der Waals surface area contributed by atoms with Crippen molar-refractivity contribution >= 4 is 27.1 Å². The lowest BCUT2D eigenvalue weighted by molar-refractivity contribution is 0.602. The smallest absolute Gasteiger partial charge is 0.175 e. The van der Waals surface area contributed by atoms with Crippen molar-refractivity contribution in [1.82, 2.24) is 0 Å². The molecule has 6 heteroatoms. The van der Waals surface area contributed by atoms with Gasteiger partial charge < -0.3 is 5.84 Å². The Morgan fingerprint density at radius 1 is 1.00 bits per heavy atom. The molecule has 2 aromatic rings. The van der Waals surface area contributed by atoms with Crippen LogP contribution in [0.3, 0.4) is 0 Å². The normalized spacial score (nSPS) is 12.4. The summed E-state index contributed by atoms with van der Waals surface area (Å²) >= 11 is 5.84. The average Bonchev–Trinajstić information content (AvgIpc) is 2.41. The molecule has 0 saturated heterocycles. The third kappa shape index (κ3) is 3.18. The van der Waals surface area contributed by atoms with Gasteiger partial charge in [0.15, 0.2) is 9.84 Å². The summed E-state index contributed by atoms with van der Waals surface area (Å²) in [6, 6.07) is 13.5. The Hall–Kier alpha value is -1.85. The molecule has 0 aliphatic heterocycles. The third-order valence-corrected chi connectivity index (χ3v) is 4.18. The summed E-state index contributed by atoms with van der Waals surface area (Å²) < 4.78 is 22.8. The molecule has 4 nitrogen and oxygen atoms in total. The molecule has 0 aliphatic carbocycles. The van der Waals surface area contributed by atoms with Crippen molar-refractivity contribution in [3.63, 3.8) is 0 Å². The molecule has 0 bridgehead atoms. The van der Waals surface area contributed by atoms with E-state index in [2.05, 4.69) is 5.10 Å². The first-order chi connectivity index (χ1) is 9.41. The van der Waals surface area contributed by atoms with Crippen LogP contribution in [0.2, 0.25) is 5.02 Å². The van der Waals surface area contributed by atoms with Crippen LogP contribution >= 0.6 is 11.6 Å². The largest absolute Gasteiger partial charge is 0.323 e. The SMILES string of the molecule is CS(=O)(=O)c1ccc(C(=NN)c2ccc(Cl)cc2)cc1. The van der Waals surface area contributed by atoms with Crippen LogP contribution in [0.4, 0.5) is 0 Å². The zero-order valence-corrected chi connectivity index (χ0v) is 12.3. The van der Waals surface area contributed by atoms with Crippen LogP contribution in [0, 0.1) is 0 Å². The van der Waals surface area contributed by atoms with Gasteiger partial charge in [-0.2, -0.15) is 5.10 Å². The quantitative estimate of drug-likeness (QED) is 0.538. The number of halogens is 1. The summed E-state index contributed by atoms with van der Waals surface area (Å²) in [5.41, 5.74) is 2.12. The minimum Gasteiger partial charge on any atom is -0.323 e. The third-order valence-electron chi connectivity index (χ3n) is 2.80. The van der Waals surface area contributed by atoms with Crippen LogP contribution in [0.15, 0.2) is 58.5 Å². The first kappa shape index (κ1) is 14.6. The Morgan fingerprint density at radius 2 is 1.45 bits per heavy atom. The lowest BCUT2D eigenvalue weighted by Gasteiger charge is -2.07. The van der Waals surface area contributed by atoms with Gasteiger partial charge in [0.05, 0.1) is 10.6 Å². The van der Waals surface area contributed by atoms with Crippen molar-refractivity contribution in [2.75, 3.05) is 6.26 Å². The minimum absolute atomic E-state index is 0.258. The van der Waals surface area contributed by atoms with Gasteiger partial charge in [-0.3, -0.25) is 0 Å². The van der Waals surface area contributed by atoms with Crippen molar-refractivity contribution in [2.45, 2.75) is 4.90 Å².